The Balaban J connectivity index is 2.47. The number of aryl methyl sites for hydroxylation is 1. The van der Waals surface area contributed by atoms with Crippen LogP contribution < -0.4 is 5.73 Å². The number of oxime groups is 1. The van der Waals surface area contributed by atoms with Gasteiger partial charge in [0, 0.05) is 19.9 Å². The maximum Gasteiger partial charge on any atom is 0.223 e. The third kappa shape index (κ3) is 3.51. The van der Waals surface area contributed by atoms with Crippen molar-refractivity contribution in [1.82, 2.24) is 4.90 Å². The summed E-state index contributed by atoms with van der Waals surface area (Å²) in [6.07, 6.45) is 2.44. The highest BCUT2D eigenvalue weighted by atomic mass is 16.4. The second-order valence-corrected chi connectivity index (χ2v) is 3.78. The smallest absolute Gasteiger partial charge is 0.223 e. The number of rotatable bonds is 5. The predicted molar refractivity (Wildman–Crippen MR) is 62.7 cm³/mol. The Morgan fingerprint density at radius 1 is 1.71 bits per heavy atom. The first-order valence-corrected chi connectivity index (χ1v) is 5.31. The number of carbonyl (C=O) groups excluding carboxylic acids is 1. The van der Waals surface area contributed by atoms with Crippen LogP contribution in [0.3, 0.4) is 0 Å². The van der Waals surface area contributed by atoms with E-state index in [1.165, 1.54) is 4.90 Å². The van der Waals surface area contributed by atoms with Crippen molar-refractivity contribution < 1.29 is 14.4 Å². The number of hydrogen-bond acceptors (Lipinski definition) is 4. The Morgan fingerprint density at radius 3 is 2.94 bits per heavy atom. The minimum Gasteiger partial charge on any atom is -0.469 e. The Labute approximate surface area is 99.7 Å². The molecule has 94 valence electrons. The second kappa shape index (κ2) is 5.93. The lowest BCUT2D eigenvalue weighted by atomic mass is 10.2. The molecule has 0 saturated heterocycles. The van der Waals surface area contributed by atoms with Crippen LogP contribution in [0, 0.1) is 0 Å². The van der Waals surface area contributed by atoms with E-state index in [4.69, 9.17) is 15.4 Å². The summed E-state index contributed by atoms with van der Waals surface area (Å²) in [6, 6.07) is 3.17. The Kier molecular flexibility index (Phi) is 4.56. The Hall–Kier alpha value is -1.98. The van der Waals surface area contributed by atoms with Crippen LogP contribution in [0.5, 0.6) is 0 Å². The molecule has 0 radical (unpaired) electrons. The van der Waals surface area contributed by atoms with Gasteiger partial charge in [0.05, 0.1) is 12.3 Å². The first-order valence-electron chi connectivity index (χ1n) is 5.31. The lowest BCUT2D eigenvalue weighted by Crippen LogP contribution is -2.43. The second-order valence-electron chi connectivity index (χ2n) is 3.78. The molecule has 17 heavy (non-hydrogen) atoms. The Bertz CT molecular complexity index is 387. The number of hydrogen-bond donors (Lipinski definition) is 2. The summed E-state index contributed by atoms with van der Waals surface area (Å²) in [5.41, 5.74) is 5.43. The zero-order valence-corrected chi connectivity index (χ0v) is 9.96. The molecular weight excluding hydrogens is 222 g/mol. The highest BCUT2D eigenvalue weighted by molar-refractivity contribution is 5.89. The molecule has 0 fully saturated rings. The number of likely N-dealkylation sites (N-methyl/N-ethyl adjacent to an activating group) is 1. The fourth-order valence-electron chi connectivity index (χ4n) is 1.36. The van der Waals surface area contributed by atoms with E-state index in [0.29, 0.717) is 12.8 Å². The monoisotopic (exact) mass is 239 g/mol. The van der Waals surface area contributed by atoms with Crippen LogP contribution in [-0.2, 0) is 11.2 Å². The van der Waals surface area contributed by atoms with Crippen molar-refractivity contribution in [3.8, 4) is 0 Å². The van der Waals surface area contributed by atoms with Gasteiger partial charge in [-0.15, -0.1) is 0 Å². The summed E-state index contributed by atoms with van der Waals surface area (Å²) < 4.78 is 5.13. The topological polar surface area (TPSA) is 92.1 Å². The number of furan rings is 1. The number of nitrogens with zero attached hydrogens (tertiary/aromatic N) is 2. The average Bonchev–Trinajstić information content (AvgIpc) is 2.86. The summed E-state index contributed by atoms with van der Waals surface area (Å²) in [4.78, 5) is 13.2. The molecule has 6 nitrogen and oxygen atoms in total. The van der Waals surface area contributed by atoms with Crippen molar-refractivity contribution in [2.45, 2.75) is 25.8 Å². The highest BCUT2D eigenvalue weighted by Crippen LogP contribution is 2.06. The largest absolute Gasteiger partial charge is 0.469 e. The van der Waals surface area contributed by atoms with E-state index in [-0.39, 0.29) is 11.7 Å². The van der Waals surface area contributed by atoms with Gasteiger partial charge in [0.15, 0.2) is 5.84 Å². The van der Waals surface area contributed by atoms with Crippen molar-refractivity contribution in [3.05, 3.63) is 24.2 Å². The molecule has 1 heterocycles. The molecule has 0 bridgehead atoms. The van der Waals surface area contributed by atoms with Crippen LogP contribution >= 0.6 is 0 Å². The lowest BCUT2D eigenvalue weighted by molar-refractivity contribution is -0.130. The number of amides is 1. The van der Waals surface area contributed by atoms with Gasteiger partial charge in [-0.3, -0.25) is 4.79 Å². The van der Waals surface area contributed by atoms with Crippen molar-refractivity contribution in [2.75, 3.05) is 7.05 Å². The van der Waals surface area contributed by atoms with Crippen molar-refractivity contribution in [3.63, 3.8) is 0 Å². The summed E-state index contributed by atoms with van der Waals surface area (Å²) in [6.45, 7) is 1.69. The van der Waals surface area contributed by atoms with Crippen LogP contribution in [0.4, 0.5) is 0 Å². The van der Waals surface area contributed by atoms with E-state index in [1.807, 2.05) is 6.07 Å². The number of nitrogens with two attached hydrogens (primary N) is 1. The normalized spacial score (nSPS) is 13.4. The maximum absolute atomic E-state index is 11.8. The van der Waals surface area contributed by atoms with Crippen molar-refractivity contribution in [2.24, 2.45) is 10.9 Å². The van der Waals surface area contributed by atoms with Gasteiger partial charge in [-0.1, -0.05) is 5.16 Å². The molecule has 0 aliphatic carbocycles. The van der Waals surface area contributed by atoms with Gasteiger partial charge < -0.3 is 20.3 Å². The first-order chi connectivity index (χ1) is 8.06. The third-order valence-corrected chi connectivity index (χ3v) is 2.68. The summed E-state index contributed by atoms with van der Waals surface area (Å²) in [5.74, 6) is 0.697. The maximum atomic E-state index is 11.8. The van der Waals surface area contributed by atoms with Crippen molar-refractivity contribution in [1.29, 1.82) is 0 Å². The fourth-order valence-corrected chi connectivity index (χ4v) is 1.36. The minimum absolute atomic E-state index is 0.0128. The SMILES string of the molecule is CC(C(N)=NO)N(C)C(=O)CCc1ccco1. The predicted octanol–water partition coefficient (Wildman–Crippen LogP) is 0.805. The van der Waals surface area contributed by atoms with Crippen molar-refractivity contribution >= 4 is 11.7 Å². The van der Waals surface area contributed by atoms with Gasteiger partial charge in [0.2, 0.25) is 5.91 Å². The molecule has 1 rings (SSSR count). The molecule has 1 amide bonds. The molecule has 1 unspecified atom stereocenters. The molecule has 0 saturated carbocycles. The van der Waals surface area contributed by atoms with Crippen LogP contribution in [0.25, 0.3) is 0 Å². The molecular formula is C11H17N3O3. The Morgan fingerprint density at radius 2 is 2.41 bits per heavy atom. The number of carbonyl (C=O) groups is 1. The third-order valence-electron chi connectivity index (χ3n) is 2.68. The van der Waals surface area contributed by atoms with E-state index in [2.05, 4.69) is 5.16 Å². The van der Waals surface area contributed by atoms with E-state index in [0.717, 1.165) is 5.76 Å². The van der Waals surface area contributed by atoms with Gasteiger partial charge in [0.1, 0.15) is 5.76 Å². The lowest BCUT2D eigenvalue weighted by Gasteiger charge is -2.23. The van der Waals surface area contributed by atoms with Gasteiger partial charge in [-0.05, 0) is 19.1 Å². The first kappa shape index (κ1) is 13.1. The molecule has 0 aliphatic heterocycles. The zero-order valence-electron chi connectivity index (χ0n) is 9.96. The molecule has 0 aromatic carbocycles. The van der Waals surface area contributed by atoms with E-state index < -0.39 is 6.04 Å². The molecule has 1 aromatic heterocycles. The number of amidine groups is 1. The highest BCUT2D eigenvalue weighted by Gasteiger charge is 2.19. The van der Waals surface area contributed by atoms with E-state index >= 15 is 0 Å². The van der Waals surface area contributed by atoms with E-state index in [1.54, 1.807) is 26.3 Å². The molecule has 0 spiro atoms. The summed E-state index contributed by atoms with van der Waals surface area (Å²) in [7, 11) is 1.62. The minimum atomic E-state index is -0.427. The molecule has 3 N–H and O–H groups in total. The molecule has 1 atom stereocenters. The molecule has 0 aliphatic rings. The fraction of sp³-hybridized carbons (Fsp3) is 0.455. The molecule has 6 heteroatoms. The van der Waals surface area contributed by atoms with E-state index in [9.17, 15) is 4.79 Å². The van der Waals surface area contributed by atoms with Gasteiger partial charge in [0.25, 0.3) is 0 Å². The van der Waals surface area contributed by atoms with Gasteiger partial charge in [-0.2, -0.15) is 0 Å². The standard InChI is InChI=1S/C11H17N3O3/c1-8(11(12)13-16)14(2)10(15)6-5-9-4-3-7-17-9/h3-4,7-8,16H,5-6H2,1-2H3,(H2,12,13). The van der Waals surface area contributed by atoms with Crippen LogP contribution in [0.1, 0.15) is 19.1 Å². The average molecular weight is 239 g/mol. The summed E-state index contributed by atoms with van der Waals surface area (Å²) in [5, 5.41) is 11.4. The van der Waals surface area contributed by atoms with Gasteiger partial charge >= 0.3 is 0 Å². The zero-order chi connectivity index (χ0) is 12.8. The molecule has 1 aromatic rings. The van der Waals surface area contributed by atoms with Crippen LogP contribution in [0.15, 0.2) is 28.0 Å². The summed E-state index contributed by atoms with van der Waals surface area (Å²) >= 11 is 0. The van der Waals surface area contributed by atoms with Gasteiger partial charge in [-0.25, -0.2) is 0 Å². The quantitative estimate of drug-likeness (QED) is 0.344. The van der Waals surface area contributed by atoms with Crippen LogP contribution in [-0.4, -0.2) is 34.9 Å². The van der Waals surface area contributed by atoms with Crippen LogP contribution in [0.2, 0.25) is 0 Å².